The van der Waals surface area contributed by atoms with Crippen LogP contribution in [0.2, 0.25) is 0 Å². The standard InChI is InChI=1S/C18H26N4O3S/c1-13(2)10-22-16-7-5-4-6-15(16)19-18(22)20-17(23)11-21(3)14-8-9-26(24,25)12-14/h4-7,13-14H,8-12H2,1-3H3,(H,19,20,23). The second-order valence-corrected chi connectivity index (χ2v) is 9.68. The minimum Gasteiger partial charge on any atom is -0.310 e. The quantitative estimate of drug-likeness (QED) is 0.828. The fourth-order valence-corrected chi connectivity index (χ4v) is 5.17. The molecule has 2 aromatic rings. The van der Waals surface area contributed by atoms with E-state index < -0.39 is 9.84 Å². The van der Waals surface area contributed by atoms with E-state index in [-0.39, 0.29) is 30.0 Å². The minimum absolute atomic E-state index is 0.0970. The number of carbonyl (C=O) groups is 1. The van der Waals surface area contributed by atoms with E-state index in [0.717, 1.165) is 17.6 Å². The fourth-order valence-electron chi connectivity index (χ4n) is 3.36. The van der Waals surface area contributed by atoms with Crippen molar-refractivity contribution in [2.75, 3.05) is 30.4 Å². The minimum atomic E-state index is -2.96. The highest BCUT2D eigenvalue weighted by molar-refractivity contribution is 7.91. The summed E-state index contributed by atoms with van der Waals surface area (Å²) in [5.41, 5.74) is 1.84. The van der Waals surface area contributed by atoms with Gasteiger partial charge in [0, 0.05) is 12.6 Å². The summed E-state index contributed by atoms with van der Waals surface area (Å²) in [7, 11) is -1.17. The number of carbonyl (C=O) groups excluding carboxylic acids is 1. The third-order valence-electron chi connectivity index (χ3n) is 4.68. The van der Waals surface area contributed by atoms with Gasteiger partial charge in [-0.3, -0.25) is 15.0 Å². The Hall–Kier alpha value is -1.93. The highest BCUT2D eigenvalue weighted by Gasteiger charge is 2.31. The van der Waals surface area contributed by atoms with Crippen LogP contribution in [-0.4, -0.2) is 59.9 Å². The van der Waals surface area contributed by atoms with Crippen LogP contribution in [0, 0.1) is 5.92 Å². The summed E-state index contributed by atoms with van der Waals surface area (Å²) in [4.78, 5) is 18.9. The van der Waals surface area contributed by atoms with Crippen LogP contribution in [0.1, 0.15) is 20.3 Å². The molecule has 0 radical (unpaired) electrons. The summed E-state index contributed by atoms with van der Waals surface area (Å²) in [6, 6.07) is 7.71. The van der Waals surface area contributed by atoms with Crippen molar-refractivity contribution >= 4 is 32.7 Å². The maximum atomic E-state index is 12.5. The first-order chi connectivity index (χ1) is 12.2. The normalized spacial score (nSPS) is 19.5. The Kier molecular flexibility index (Phi) is 5.34. The third kappa shape index (κ3) is 4.24. The molecule has 1 atom stereocenters. The summed E-state index contributed by atoms with van der Waals surface area (Å²) in [5, 5.41) is 2.90. The predicted octanol–water partition coefficient (Wildman–Crippen LogP) is 1.75. The second-order valence-electron chi connectivity index (χ2n) is 7.45. The Labute approximate surface area is 154 Å². The number of amides is 1. The van der Waals surface area contributed by atoms with Gasteiger partial charge in [-0.05, 0) is 31.5 Å². The molecule has 1 N–H and O–H groups in total. The van der Waals surface area contributed by atoms with Crippen LogP contribution in [0.4, 0.5) is 5.95 Å². The first-order valence-corrected chi connectivity index (χ1v) is 10.7. The van der Waals surface area contributed by atoms with E-state index in [4.69, 9.17) is 0 Å². The summed E-state index contributed by atoms with van der Waals surface area (Å²) in [5.74, 6) is 1.10. The van der Waals surface area contributed by atoms with Crippen molar-refractivity contribution in [2.24, 2.45) is 5.92 Å². The zero-order valence-electron chi connectivity index (χ0n) is 15.5. The van der Waals surface area contributed by atoms with Gasteiger partial charge >= 0.3 is 0 Å². The third-order valence-corrected chi connectivity index (χ3v) is 6.43. The lowest BCUT2D eigenvalue weighted by Crippen LogP contribution is -2.39. The molecule has 1 fully saturated rings. The Morgan fingerprint density at radius 3 is 2.77 bits per heavy atom. The SMILES string of the molecule is CC(C)Cn1c(NC(=O)CN(C)C2CCS(=O)(=O)C2)nc2ccccc21. The van der Waals surface area contributed by atoms with Crippen molar-refractivity contribution in [1.29, 1.82) is 0 Å². The molecule has 1 aromatic carbocycles. The van der Waals surface area contributed by atoms with Crippen LogP contribution in [0.3, 0.4) is 0 Å². The molecular weight excluding hydrogens is 352 g/mol. The van der Waals surface area contributed by atoms with Crippen LogP contribution in [-0.2, 0) is 21.2 Å². The molecule has 1 unspecified atom stereocenters. The lowest BCUT2D eigenvalue weighted by Gasteiger charge is -2.22. The van der Waals surface area contributed by atoms with Gasteiger partial charge in [-0.15, -0.1) is 0 Å². The van der Waals surface area contributed by atoms with Gasteiger partial charge in [-0.25, -0.2) is 13.4 Å². The van der Waals surface area contributed by atoms with Gasteiger partial charge < -0.3 is 4.57 Å². The first kappa shape index (κ1) is 18.8. The number of likely N-dealkylation sites (N-methyl/N-ethyl adjacent to an activating group) is 1. The lowest BCUT2D eigenvalue weighted by molar-refractivity contribution is -0.117. The van der Waals surface area contributed by atoms with Crippen LogP contribution < -0.4 is 5.32 Å². The molecule has 3 rings (SSSR count). The number of nitrogens with zero attached hydrogens (tertiary/aromatic N) is 3. The van der Waals surface area contributed by atoms with Crippen LogP contribution in [0.25, 0.3) is 11.0 Å². The number of para-hydroxylation sites is 2. The molecule has 0 aliphatic carbocycles. The molecule has 0 bridgehead atoms. The average molecular weight is 378 g/mol. The number of sulfone groups is 1. The largest absolute Gasteiger partial charge is 0.310 e. The molecule has 1 aromatic heterocycles. The van der Waals surface area contributed by atoms with E-state index in [1.807, 2.05) is 33.7 Å². The summed E-state index contributed by atoms with van der Waals surface area (Å²) in [6.07, 6.45) is 0.581. The second kappa shape index (κ2) is 7.36. The number of anilines is 1. The van der Waals surface area contributed by atoms with Crippen molar-refractivity contribution in [3.8, 4) is 0 Å². The van der Waals surface area contributed by atoms with Gasteiger partial charge in [0.25, 0.3) is 0 Å². The smallest absolute Gasteiger partial charge is 0.240 e. The maximum absolute atomic E-state index is 12.5. The van der Waals surface area contributed by atoms with Crippen molar-refractivity contribution in [1.82, 2.24) is 14.5 Å². The van der Waals surface area contributed by atoms with Crippen LogP contribution in [0.5, 0.6) is 0 Å². The van der Waals surface area contributed by atoms with Crippen LogP contribution >= 0.6 is 0 Å². The molecule has 1 aliphatic rings. The number of aromatic nitrogens is 2. The number of hydrogen-bond donors (Lipinski definition) is 1. The van der Waals surface area contributed by atoms with Gasteiger partial charge in [0.05, 0.1) is 29.1 Å². The fraction of sp³-hybridized carbons (Fsp3) is 0.556. The summed E-state index contributed by atoms with van der Waals surface area (Å²) in [6.45, 7) is 5.14. The van der Waals surface area contributed by atoms with Crippen molar-refractivity contribution in [3.05, 3.63) is 24.3 Å². The van der Waals surface area contributed by atoms with Crippen molar-refractivity contribution in [2.45, 2.75) is 32.9 Å². The van der Waals surface area contributed by atoms with E-state index in [9.17, 15) is 13.2 Å². The number of rotatable bonds is 6. The predicted molar refractivity (Wildman–Crippen MR) is 103 cm³/mol. The van der Waals surface area contributed by atoms with E-state index in [0.29, 0.717) is 18.3 Å². The maximum Gasteiger partial charge on any atom is 0.240 e. The monoisotopic (exact) mass is 378 g/mol. The van der Waals surface area contributed by atoms with E-state index in [1.165, 1.54) is 0 Å². The Bertz CT molecular complexity index is 904. The summed E-state index contributed by atoms with van der Waals surface area (Å²) >= 11 is 0. The van der Waals surface area contributed by atoms with Crippen molar-refractivity contribution < 1.29 is 13.2 Å². The zero-order valence-corrected chi connectivity index (χ0v) is 16.3. The van der Waals surface area contributed by atoms with Gasteiger partial charge in [-0.2, -0.15) is 0 Å². The average Bonchev–Trinajstić information content (AvgIpc) is 3.07. The molecule has 2 heterocycles. The van der Waals surface area contributed by atoms with E-state index in [2.05, 4.69) is 24.1 Å². The Morgan fingerprint density at radius 2 is 2.12 bits per heavy atom. The molecule has 142 valence electrons. The van der Waals surface area contributed by atoms with E-state index >= 15 is 0 Å². The lowest BCUT2D eigenvalue weighted by atomic mass is 10.2. The highest BCUT2D eigenvalue weighted by Crippen LogP contribution is 2.21. The van der Waals surface area contributed by atoms with Crippen molar-refractivity contribution in [3.63, 3.8) is 0 Å². The van der Waals surface area contributed by atoms with Gasteiger partial charge in [-0.1, -0.05) is 26.0 Å². The van der Waals surface area contributed by atoms with Gasteiger partial charge in [0.2, 0.25) is 11.9 Å². The number of benzene rings is 1. The molecule has 0 saturated carbocycles. The van der Waals surface area contributed by atoms with Gasteiger partial charge in [0.15, 0.2) is 9.84 Å². The number of nitrogens with one attached hydrogen (secondary N) is 1. The molecule has 26 heavy (non-hydrogen) atoms. The van der Waals surface area contributed by atoms with E-state index in [1.54, 1.807) is 7.05 Å². The number of fused-ring (bicyclic) bond motifs is 1. The zero-order chi connectivity index (χ0) is 18.9. The summed E-state index contributed by atoms with van der Waals surface area (Å²) < 4.78 is 25.3. The molecule has 0 spiro atoms. The molecule has 8 heteroatoms. The number of imidazole rings is 1. The van der Waals surface area contributed by atoms with Gasteiger partial charge in [0.1, 0.15) is 0 Å². The molecular formula is C18H26N4O3S. The molecule has 7 nitrogen and oxygen atoms in total. The van der Waals surface area contributed by atoms with Crippen LogP contribution in [0.15, 0.2) is 24.3 Å². The molecule has 1 aliphatic heterocycles. The highest BCUT2D eigenvalue weighted by atomic mass is 32.2. The first-order valence-electron chi connectivity index (χ1n) is 8.91. The number of hydrogen-bond acceptors (Lipinski definition) is 5. The molecule has 1 amide bonds. The topological polar surface area (TPSA) is 84.3 Å². The molecule has 1 saturated heterocycles. The Balaban J connectivity index is 1.73. The Morgan fingerprint density at radius 1 is 1.38 bits per heavy atom.